The lowest BCUT2D eigenvalue weighted by Gasteiger charge is -2.03. The molecule has 0 unspecified atom stereocenters. The molecule has 0 saturated heterocycles. The Balaban J connectivity index is 2.02. The van der Waals surface area contributed by atoms with Crippen molar-refractivity contribution in [2.24, 2.45) is 4.99 Å². The molecule has 0 atom stereocenters. The second kappa shape index (κ2) is 7.36. The van der Waals surface area contributed by atoms with Crippen molar-refractivity contribution >= 4 is 32.3 Å². The van der Waals surface area contributed by atoms with Crippen molar-refractivity contribution in [3.8, 4) is 0 Å². The zero-order valence-corrected chi connectivity index (χ0v) is 12.2. The van der Waals surface area contributed by atoms with E-state index in [1.807, 2.05) is 36.4 Å². The van der Waals surface area contributed by atoms with Crippen LogP contribution in [0.4, 0.5) is 10.1 Å². The van der Waals surface area contributed by atoms with Gasteiger partial charge in [0.15, 0.2) is 0 Å². The molecule has 0 aliphatic heterocycles. The number of rotatable bonds is 4. The van der Waals surface area contributed by atoms with E-state index in [0.29, 0.717) is 0 Å². The van der Waals surface area contributed by atoms with Gasteiger partial charge >= 0.3 is 0 Å². The van der Waals surface area contributed by atoms with Gasteiger partial charge in [-0.1, -0.05) is 42.0 Å². The van der Waals surface area contributed by atoms with E-state index >= 15 is 0 Å². The van der Waals surface area contributed by atoms with E-state index in [2.05, 4.69) is 11.9 Å². The summed E-state index contributed by atoms with van der Waals surface area (Å²) in [6, 6.07) is 16.5. The first kappa shape index (κ1) is 14.2. The van der Waals surface area contributed by atoms with Gasteiger partial charge in [0.1, 0.15) is 5.82 Å². The van der Waals surface area contributed by atoms with E-state index in [9.17, 15) is 4.39 Å². The lowest BCUT2D eigenvalue weighted by atomic mass is 10.3. The molecule has 1 nitrogen and oxygen atoms in total. The van der Waals surface area contributed by atoms with Crippen LogP contribution in [0.2, 0.25) is 0 Å². The van der Waals surface area contributed by atoms with Crippen LogP contribution in [0, 0.1) is 5.82 Å². The summed E-state index contributed by atoms with van der Waals surface area (Å²) in [7, 11) is 3.11. The quantitative estimate of drug-likeness (QED) is 0.406. The molecule has 0 radical (unpaired) electrons. The van der Waals surface area contributed by atoms with E-state index in [4.69, 9.17) is 0 Å². The summed E-state index contributed by atoms with van der Waals surface area (Å²) in [4.78, 5) is 5.48. The zero-order chi connectivity index (χ0) is 13.5. The molecule has 0 aliphatic rings. The van der Waals surface area contributed by atoms with Crippen LogP contribution >= 0.6 is 21.6 Å². The van der Waals surface area contributed by atoms with E-state index in [0.717, 1.165) is 22.0 Å². The van der Waals surface area contributed by atoms with Crippen LogP contribution in [0.15, 0.2) is 64.5 Å². The summed E-state index contributed by atoms with van der Waals surface area (Å²) >= 11 is 0. The summed E-state index contributed by atoms with van der Waals surface area (Å²) < 4.78 is 13.1. The van der Waals surface area contributed by atoms with E-state index < -0.39 is 0 Å². The number of halogens is 1. The maximum Gasteiger partial charge on any atom is 0.124 e. The molecule has 98 valence electrons. The third-order valence-corrected chi connectivity index (χ3v) is 4.85. The molecule has 0 bridgehead atoms. The van der Waals surface area contributed by atoms with Crippen molar-refractivity contribution in [3.05, 3.63) is 60.4 Å². The standard InChI is InChI=1S/C15H14FNS2/c1-2-15(17-13-8-4-3-5-9-13)19-18-14-10-6-7-12(16)11-14/h3-11H,2H2,1H3. The Kier molecular flexibility index (Phi) is 5.48. The van der Waals surface area contributed by atoms with Crippen LogP contribution in [0.25, 0.3) is 0 Å². The second-order valence-corrected chi connectivity index (χ2v) is 6.09. The van der Waals surface area contributed by atoms with Crippen LogP contribution in [0.3, 0.4) is 0 Å². The molecule has 0 heterocycles. The fourth-order valence-corrected chi connectivity index (χ4v) is 3.52. The molecule has 0 aliphatic carbocycles. The van der Waals surface area contributed by atoms with Crippen molar-refractivity contribution in [2.45, 2.75) is 18.2 Å². The van der Waals surface area contributed by atoms with Gasteiger partial charge in [0.05, 0.1) is 10.7 Å². The van der Waals surface area contributed by atoms with Crippen molar-refractivity contribution < 1.29 is 4.39 Å². The first-order valence-electron chi connectivity index (χ1n) is 6.00. The first-order valence-corrected chi connectivity index (χ1v) is 8.15. The van der Waals surface area contributed by atoms with Gasteiger partial charge in [-0.05, 0) is 47.5 Å². The van der Waals surface area contributed by atoms with Crippen molar-refractivity contribution in [2.75, 3.05) is 0 Å². The predicted octanol–water partition coefficient (Wildman–Crippen LogP) is 5.71. The topological polar surface area (TPSA) is 12.4 Å². The third-order valence-electron chi connectivity index (χ3n) is 2.34. The highest BCUT2D eigenvalue weighted by atomic mass is 33.1. The molecule has 4 heteroatoms. The van der Waals surface area contributed by atoms with Gasteiger partial charge in [0, 0.05) is 4.90 Å². The van der Waals surface area contributed by atoms with Crippen LogP contribution in [0.5, 0.6) is 0 Å². The molecule has 0 saturated carbocycles. The molecule has 0 amide bonds. The largest absolute Gasteiger partial charge is 0.246 e. The Morgan fingerprint density at radius 1 is 1.11 bits per heavy atom. The lowest BCUT2D eigenvalue weighted by Crippen LogP contribution is -1.85. The van der Waals surface area contributed by atoms with Gasteiger partial charge < -0.3 is 0 Å². The molecule has 0 fully saturated rings. The van der Waals surface area contributed by atoms with E-state index in [1.165, 1.54) is 22.9 Å². The van der Waals surface area contributed by atoms with Crippen LogP contribution in [0.1, 0.15) is 13.3 Å². The van der Waals surface area contributed by atoms with Crippen LogP contribution in [-0.4, -0.2) is 5.04 Å². The summed E-state index contributed by atoms with van der Waals surface area (Å²) in [6.07, 6.45) is 0.863. The zero-order valence-electron chi connectivity index (χ0n) is 10.5. The number of hydrogen-bond acceptors (Lipinski definition) is 3. The maximum atomic E-state index is 13.1. The lowest BCUT2D eigenvalue weighted by molar-refractivity contribution is 0.624. The summed E-state index contributed by atoms with van der Waals surface area (Å²) in [5.74, 6) is -0.205. The molecular formula is C15H14FNS2. The molecule has 2 rings (SSSR count). The third kappa shape index (κ3) is 4.73. The van der Waals surface area contributed by atoms with Gasteiger partial charge in [-0.3, -0.25) is 0 Å². The average molecular weight is 291 g/mol. The summed E-state index contributed by atoms with van der Waals surface area (Å²) in [6.45, 7) is 2.07. The summed E-state index contributed by atoms with van der Waals surface area (Å²) in [5, 5.41) is 1.03. The van der Waals surface area contributed by atoms with Crippen LogP contribution < -0.4 is 0 Å². The fraction of sp³-hybridized carbons (Fsp3) is 0.133. The fourth-order valence-electron chi connectivity index (χ4n) is 1.42. The van der Waals surface area contributed by atoms with Gasteiger partial charge in [-0.2, -0.15) is 0 Å². The number of benzene rings is 2. The monoisotopic (exact) mass is 291 g/mol. The van der Waals surface area contributed by atoms with Gasteiger partial charge in [-0.25, -0.2) is 9.38 Å². The molecular weight excluding hydrogens is 277 g/mol. The average Bonchev–Trinajstić information content (AvgIpc) is 2.44. The molecule has 0 spiro atoms. The number of hydrogen-bond donors (Lipinski definition) is 0. The van der Waals surface area contributed by atoms with Gasteiger partial charge in [0.25, 0.3) is 0 Å². The molecule has 2 aromatic carbocycles. The Morgan fingerprint density at radius 2 is 1.89 bits per heavy atom. The Labute approximate surface area is 120 Å². The maximum absolute atomic E-state index is 13.1. The van der Waals surface area contributed by atoms with E-state index in [-0.39, 0.29) is 5.82 Å². The van der Waals surface area contributed by atoms with Gasteiger partial charge in [0.2, 0.25) is 0 Å². The number of nitrogens with zero attached hydrogens (tertiary/aromatic N) is 1. The molecule has 2 aromatic rings. The second-order valence-electron chi connectivity index (χ2n) is 3.82. The SMILES string of the molecule is CCC(=Nc1ccccc1)SSc1cccc(F)c1. The highest BCUT2D eigenvalue weighted by Gasteiger charge is 2.02. The first-order chi connectivity index (χ1) is 9.28. The minimum Gasteiger partial charge on any atom is -0.246 e. The van der Waals surface area contributed by atoms with Crippen LogP contribution in [-0.2, 0) is 0 Å². The van der Waals surface area contributed by atoms with Crippen molar-refractivity contribution in [1.29, 1.82) is 0 Å². The number of para-hydroxylation sites is 1. The van der Waals surface area contributed by atoms with Crippen molar-refractivity contribution in [1.82, 2.24) is 0 Å². The Bertz CT molecular complexity index is 555. The van der Waals surface area contributed by atoms with E-state index in [1.54, 1.807) is 16.9 Å². The highest BCUT2D eigenvalue weighted by molar-refractivity contribution is 8.82. The molecule has 0 aromatic heterocycles. The van der Waals surface area contributed by atoms with Gasteiger partial charge in [-0.15, -0.1) is 0 Å². The Morgan fingerprint density at radius 3 is 2.58 bits per heavy atom. The summed E-state index contributed by atoms with van der Waals surface area (Å²) in [5.41, 5.74) is 0.951. The highest BCUT2D eigenvalue weighted by Crippen LogP contribution is 2.34. The molecule has 0 N–H and O–H groups in total. The minimum atomic E-state index is -0.205. The smallest absolute Gasteiger partial charge is 0.124 e. The number of aliphatic imine (C=N–C) groups is 1. The van der Waals surface area contributed by atoms with Crippen molar-refractivity contribution in [3.63, 3.8) is 0 Å². The molecule has 19 heavy (non-hydrogen) atoms. The normalized spacial score (nSPS) is 11.6. The predicted molar refractivity (Wildman–Crippen MR) is 83.7 cm³/mol. The minimum absolute atomic E-state index is 0.205. The Hall–Kier alpha value is -1.26.